The Morgan fingerprint density at radius 3 is 2.63 bits per heavy atom. The summed E-state index contributed by atoms with van der Waals surface area (Å²) in [5.41, 5.74) is 2.87. The van der Waals surface area contributed by atoms with E-state index in [0.717, 1.165) is 0 Å². The predicted octanol–water partition coefficient (Wildman–Crippen LogP) is 2.68. The second-order valence-corrected chi connectivity index (χ2v) is 8.89. The molecule has 0 bridgehead atoms. The first-order valence-electron chi connectivity index (χ1n) is 11.8. The van der Waals surface area contributed by atoms with Crippen molar-refractivity contribution in [3.05, 3.63) is 88.7 Å². The highest BCUT2D eigenvalue weighted by Crippen LogP contribution is 2.20. The van der Waals surface area contributed by atoms with Crippen LogP contribution in [0.4, 0.5) is 0 Å². The largest absolute Gasteiger partial charge is 0.342 e. The number of nitrogens with zero attached hydrogens (tertiary/aromatic N) is 7. The van der Waals surface area contributed by atoms with Gasteiger partial charge in [-0.3, -0.25) is 24.0 Å². The van der Waals surface area contributed by atoms with Crippen LogP contribution >= 0.6 is 11.6 Å². The summed E-state index contributed by atoms with van der Waals surface area (Å²) in [5, 5.41) is 18.9. The van der Waals surface area contributed by atoms with Crippen molar-refractivity contribution in [1.82, 2.24) is 40.3 Å². The van der Waals surface area contributed by atoms with Crippen LogP contribution in [0.25, 0.3) is 11.8 Å². The molecule has 0 saturated carbocycles. The average Bonchev–Trinajstić information content (AvgIpc) is 3.60. The number of benzene rings is 1. The van der Waals surface area contributed by atoms with E-state index in [-0.39, 0.29) is 24.4 Å². The lowest BCUT2D eigenvalue weighted by atomic mass is 10.0. The Labute approximate surface area is 223 Å². The predicted molar refractivity (Wildman–Crippen MR) is 140 cm³/mol. The Hall–Kier alpha value is -4.51. The lowest BCUT2D eigenvalue weighted by Gasteiger charge is -2.16. The molecule has 1 N–H and O–H groups in total. The molecule has 3 aromatic heterocycles. The summed E-state index contributed by atoms with van der Waals surface area (Å²) >= 11 is 6.15. The van der Waals surface area contributed by atoms with Crippen LogP contribution in [-0.4, -0.2) is 58.5 Å². The van der Waals surface area contributed by atoms with E-state index in [1.54, 1.807) is 41.1 Å². The molecule has 0 radical (unpaired) electrons. The van der Waals surface area contributed by atoms with Crippen LogP contribution in [0.1, 0.15) is 41.2 Å². The molecule has 194 valence electrons. The number of halogens is 1. The number of nitrogens with one attached hydrogen (secondary N) is 1. The van der Waals surface area contributed by atoms with Crippen LogP contribution in [0, 0.1) is 0 Å². The zero-order valence-corrected chi connectivity index (χ0v) is 21.5. The summed E-state index contributed by atoms with van der Waals surface area (Å²) < 4.78 is 3.20. The molecule has 0 spiro atoms. The van der Waals surface area contributed by atoms with Crippen molar-refractivity contribution in [3.8, 4) is 5.69 Å². The number of ketones is 2. The molecule has 0 aliphatic carbocycles. The van der Waals surface area contributed by atoms with Crippen molar-refractivity contribution in [2.75, 3.05) is 0 Å². The van der Waals surface area contributed by atoms with Crippen LogP contribution in [0.3, 0.4) is 0 Å². The van der Waals surface area contributed by atoms with Gasteiger partial charge in [-0.05, 0) is 66.7 Å². The molecule has 0 aliphatic heterocycles. The first kappa shape index (κ1) is 26.6. The molecule has 1 atom stereocenters. The van der Waals surface area contributed by atoms with E-state index < -0.39 is 11.9 Å². The van der Waals surface area contributed by atoms with E-state index >= 15 is 0 Å². The van der Waals surface area contributed by atoms with E-state index in [0.29, 0.717) is 39.8 Å². The SMILES string of the molecule is CCn1ccc(C[C@H](NC(=O)/C=C/c2cc(Cl)ccc2-n2cnnn2)C(=O)Cc2ccc(C(C)=O)cn2)n1. The number of amides is 1. The average molecular weight is 533 g/mol. The Morgan fingerprint density at radius 1 is 1.13 bits per heavy atom. The van der Waals surface area contributed by atoms with Crippen molar-refractivity contribution in [2.45, 2.75) is 39.3 Å². The van der Waals surface area contributed by atoms with Gasteiger partial charge >= 0.3 is 0 Å². The first-order chi connectivity index (χ1) is 18.3. The standard InChI is InChI=1S/C26H25ClN8O3/c1-3-34-11-10-22(31-34)13-23(25(37)14-21-7-4-19(15-28-21)17(2)36)30-26(38)9-5-18-12-20(27)6-8-24(18)35-16-29-32-33-35/h4-12,15-16,23H,3,13-14H2,1-2H3,(H,30,38)/b9-5+/t23-/m0/s1. The van der Waals surface area contributed by atoms with Crippen molar-refractivity contribution in [1.29, 1.82) is 0 Å². The van der Waals surface area contributed by atoms with Crippen LogP contribution in [0.15, 0.2) is 61.2 Å². The number of carbonyl (C=O) groups excluding carboxylic acids is 3. The maximum atomic E-state index is 13.3. The number of rotatable bonds is 11. The van der Waals surface area contributed by atoms with Gasteiger partial charge in [0.25, 0.3) is 0 Å². The van der Waals surface area contributed by atoms with Crippen LogP contribution in [-0.2, 0) is 29.0 Å². The minimum Gasteiger partial charge on any atom is -0.342 e. The molecular weight excluding hydrogens is 508 g/mol. The highest BCUT2D eigenvalue weighted by molar-refractivity contribution is 6.30. The Morgan fingerprint density at radius 2 is 1.97 bits per heavy atom. The molecule has 4 rings (SSSR count). The second-order valence-electron chi connectivity index (χ2n) is 8.46. The smallest absolute Gasteiger partial charge is 0.244 e. The fraction of sp³-hybridized carbons (Fsp3) is 0.231. The molecule has 4 aromatic rings. The molecular formula is C26H25ClN8O3. The lowest BCUT2D eigenvalue weighted by Crippen LogP contribution is -2.42. The second kappa shape index (κ2) is 12.2. The summed E-state index contributed by atoms with van der Waals surface area (Å²) in [6.45, 7) is 4.09. The highest BCUT2D eigenvalue weighted by Gasteiger charge is 2.22. The van der Waals surface area contributed by atoms with Gasteiger partial charge in [-0.15, -0.1) is 5.10 Å². The van der Waals surface area contributed by atoms with E-state index in [9.17, 15) is 14.4 Å². The van der Waals surface area contributed by atoms with Crippen molar-refractivity contribution >= 4 is 35.2 Å². The molecule has 3 heterocycles. The van der Waals surface area contributed by atoms with Gasteiger partial charge < -0.3 is 5.32 Å². The quantitative estimate of drug-likeness (QED) is 0.230. The zero-order valence-electron chi connectivity index (χ0n) is 20.8. The zero-order chi connectivity index (χ0) is 27.1. The Kier molecular flexibility index (Phi) is 8.49. The van der Waals surface area contributed by atoms with Crippen LogP contribution in [0.5, 0.6) is 0 Å². The van der Waals surface area contributed by atoms with Gasteiger partial charge in [0.1, 0.15) is 6.33 Å². The highest BCUT2D eigenvalue weighted by atomic mass is 35.5. The van der Waals surface area contributed by atoms with E-state index in [4.69, 9.17) is 11.6 Å². The van der Waals surface area contributed by atoms with Gasteiger partial charge in [0.05, 0.1) is 23.8 Å². The molecule has 0 unspecified atom stereocenters. The molecule has 0 fully saturated rings. The topological polar surface area (TPSA) is 138 Å². The summed E-state index contributed by atoms with van der Waals surface area (Å²) in [6, 6.07) is 9.34. The fourth-order valence-corrected chi connectivity index (χ4v) is 3.89. The van der Waals surface area contributed by atoms with Crippen LogP contribution in [0.2, 0.25) is 5.02 Å². The Balaban J connectivity index is 1.52. The van der Waals surface area contributed by atoms with Gasteiger partial charge in [0.2, 0.25) is 5.91 Å². The third-order valence-corrected chi connectivity index (χ3v) is 5.96. The fourth-order valence-electron chi connectivity index (χ4n) is 3.71. The molecule has 1 amide bonds. The van der Waals surface area contributed by atoms with Crippen molar-refractivity contribution in [2.24, 2.45) is 0 Å². The molecule has 12 heteroatoms. The van der Waals surface area contributed by atoms with Gasteiger partial charge in [-0.25, -0.2) is 0 Å². The van der Waals surface area contributed by atoms with Crippen molar-refractivity contribution in [3.63, 3.8) is 0 Å². The third kappa shape index (κ3) is 6.83. The number of aromatic nitrogens is 7. The Bertz CT molecular complexity index is 1460. The summed E-state index contributed by atoms with van der Waals surface area (Å²) in [4.78, 5) is 41.9. The lowest BCUT2D eigenvalue weighted by molar-refractivity contribution is -0.125. The summed E-state index contributed by atoms with van der Waals surface area (Å²) in [7, 11) is 0. The number of carbonyl (C=O) groups is 3. The van der Waals surface area contributed by atoms with E-state index in [1.165, 1.54) is 30.2 Å². The number of pyridine rings is 1. The summed E-state index contributed by atoms with van der Waals surface area (Å²) in [5.74, 6) is -0.819. The number of tetrazole rings is 1. The van der Waals surface area contributed by atoms with Gasteiger partial charge in [0, 0.05) is 53.3 Å². The number of hydrogen-bond acceptors (Lipinski definition) is 8. The number of aryl methyl sites for hydroxylation is 1. The maximum Gasteiger partial charge on any atom is 0.244 e. The van der Waals surface area contributed by atoms with Crippen molar-refractivity contribution < 1.29 is 14.4 Å². The maximum absolute atomic E-state index is 13.3. The monoisotopic (exact) mass is 532 g/mol. The van der Waals surface area contributed by atoms with E-state index in [1.807, 2.05) is 19.2 Å². The molecule has 0 saturated heterocycles. The normalized spacial score (nSPS) is 12.0. The molecule has 1 aromatic carbocycles. The molecule has 0 aliphatic rings. The first-order valence-corrected chi connectivity index (χ1v) is 12.2. The van der Waals surface area contributed by atoms with Gasteiger partial charge in [-0.1, -0.05) is 11.6 Å². The minimum atomic E-state index is -0.847. The van der Waals surface area contributed by atoms with Gasteiger partial charge in [-0.2, -0.15) is 9.78 Å². The number of Topliss-reactive ketones (excluding diaryl/α,β-unsaturated/α-hetero) is 2. The van der Waals surface area contributed by atoms with Gasteiger partial charge in [0.15, 0.2) is 11.6 Å². The van der Waals surface area contributed by atoms with Crippen LogP contribution < -0.4 is 5.32 Å². The third-order valence-electron chi connectivity index (χ3n) is 5.72. The number of hydrogen-bond donors (Lipinski definition) is 1. The molecule has 38 heavy (non-hydrogen) atoms. The van der Waals surface area contributed by atoms with E-state index in [2.05, 4.69) is 30.9 Å². The molecule has 11 nitrogen and oxygen atoms in total. The minimum absolute atomic E-state index is 0.0148. The summed E-state index contributed by atoms with van der Waals surface area (Å²) in [6.07, 6.45) is 7.79.